The van der Waals surface area contributed by atoms with Crippen LogP contribution in [0.15, 0.2) is 48.8 Å². The highest BCUT2D eigenvalue weighted by molar-refractivity contribution is 6.03. The van der Waals surface area contributed by atoms with E-state index >= 15 is 0 Å². The molecule has 1 saturated heterocycles. The molecule has 4 rings (SSSR count). The molecule has 0 aliphatic carbocycles. The van der Waals surface area contributed by atoms with Gasteiger partial charge >= 0.3 is 0 Å². The van der Waals surface area contributed by atoms with Crippen LogP contribution in [0.2, 0.25) is 0 Å². The Bertz CT molecular complexity index is 1160. The predicted octanol–water partition coefficient (Wildman–Crippen LogP) is 4.07. The van der Waals surface area contributed by atoms with E-state index in [-0.39, 0.29) is 23.7 Å². The topological polar surface area (TPSA) is 93.0 Å². The lowest BCUT2D eigenvalue weighted by Gasteiger charge is -2.18. The van der Waals surface area contributed by atoms with Crippen LogP contribution in [-0.4, -0.2) is 38.1 Å². The van der Waals surface area contributed by atoms with E-state index < -0.39 is 5.92 Å². The van der Waals surface area contributed by atoms with Gasteiger partial charge in [0.2, 0.25) is 11.8 Å². The van der Waals surface area contributed by atoms with Gasteiger partial charge < -0.3 is 10.2 Å². The van der Waals surface area contributed by atoms with Gasteiger partial charge in [-0.2, -0.15) is 9.78 Å². The van der Waals surface area contributed by atoms with Crippen molar-refractivity contribution in [2.75, 3.05) is 16.8 Å². The van der Waals surface area contributed by atoms with Crippen molar-refractivity contribution in [3.05, 3.63) is 60.0 Å². The zero-order valence-electron chi connectivity index (χ0n) is 19.7. The third kappa shape index (κ3) is 4.79. The van der Waals surface area contributed by atoms with Gasteiger partial charge in [-0.1, -0.05) is 46.8 Å². The first-order chi connectivity index (χ1) is 15.6. The number of amides is 2. The SMILES string of the molecule is CC(C)c1cccc(N2CC(C(=O)Nc3cc(C(C)(C)C)nn3-c3ncccn3)CC2=O)c1. The molecule has 8 nitrogen and oxygen atoms in total. The maximum Gasteiger partial charge on any atom is 0.252 e. The molecule has 0 bridgehead atoms. The smallest absolute Gasteiger partial charge is 0.252 e. The van der Waals surface area contributed by atoms with Crippen molar-refractivity contribution < 1.29 is 9.59 Å². The Labute approximate surface area is 194 Å². The Balaban J connectivity index is 1.56. The number of carbonyl (C=O) groups is 2. The number of aromatic nitrogens is 4. The molecule has 1 aliphatic heterocycles. The second-order valence-electron chi connectivity index (χ2n) is 9.77. The second-order valence-corrected chi connectivity index (χ2v) is 9.77. The summed E-state index contributed by atoms with van der Waals surface area (Å²) >= 11 is 0. The molecule has 0 spiro atoms. The summed E-state index contributed by atoms with van der Waals surface area (Å²) in [6, 6.07) is 11.5. The molecule has 1 N–H and O–H groups in total. The molecule has 1 atom stereocenters. The summed E-state index contributed by atoms with van der Waals surface area (Å²) in [5.41, 5.74) is 2.58. The summed E-state index contributed by atoms with van der Waals surface area (Å²) in [5, 5.41) is 7.60. The van der Waals surface area contributed by atoms with Crippen molar-refractivity contribution in [2.45, 2.75) is 52.4 Å². The summed E-state index contributed by atoms with van der Waals surface area (Å²) in [6.07, 6.45) is 3.43. The molecule has 0 saturated carbocycles. The van der Waals surface area contributed by atoms with E-state index in [9.17, 15) is 9.59 Å². The van der Waals surface area contributed by atoms with E-state index in [0.29, 0.717) is 24.2 Å². The third-order valence-electron chi connectivity index (χ3n) is 5.82. The number of rotatable bonds is 5. The van der Waals surface area contributed by atoms with Crippen molar-refractivity contribution in [2.24, 2.45) is 5.92 Å². The molecule has 1 fully saturated rings. The van der Waals surface area contributed by atoms with E-state index in [1.165, 1.54) is 0 Å². The molecule has 1 aromatic carbocycles. The molecule has 3 heterocycles. The highest BCUT2D eigenvalue weighted by atomic mass is 16.2. The lowest BCUT2D eigenvalue weighted by Crippen LogP contribution is -2.28. The van der Waals surface area contributed by atoms with E-state index in [1.54, 1.807) is 28.0 Å². The largest absolute Gasteiger partial charge is 0.312 e. The second kappa shape index (κ2) is 8.77. The third-order valence-corrected chi connectivity index (χ3v) is 5.82. The van der Waals surface area contributed by atoms with Crippen molar-refractivity contribution in [3.8, 4) is 5.95 Å². The molecule has 33 heavy (non-hydrogen) atoms. The van der Waals surface area contributed by atoms with E-state index in [2.05, 4.69) is 61.1 Å². The lowest BCUT2D eigenvalue weighted by molar-refractivity contribution is -0.122. The van der Waals surface area contributed by atoms with Crippen molar-refractivity contribution in [3.63, 3.8) is 0 Å². The number of benzene rings is 1. The fourth-order valence-electron chi connectivity index (χ4n) is 3.80. The standard InChI is InChI=1S/C25H30N6O2/c1-16(2)17-8-6-9-19(12-17)30-15-18(13-22(30)32)23(33)28-21-14-20(25(3,4)5)29-31(21)24-26-10-7-11-27-24/h6-12,14,16,18H,13,15H2,1-5H3,(H,28,33). The van der Waals surface area contributed by atoms with Gasteiger partial charge in [-0.15, -0.1) is 0 Å². The van der Waals surface area contributed by atoms with Gasteiger partial charge in [0.05, 0.1) is 11.6 Å². The van der Waals surface area contributed by atoms with Gasteiger partial charge in [-0.05, 0) is 29.7 Å². The number of anilines is 2. The number of hydrogen-bond acceptors (Lipinski definition) is 5. The van der Waals surface area contributed by atoms with Crippen LogP contribution >= 0.6 is 0 Å². The van der Waals surface area contributed by atoms with Crippen LogP contribution in [0.25, 0.3) is 5.95 Å². The Hall–Kier alpha value is -3.55. The van der Waals surface area contributed by atoms with Gasteiger partial charge in [-0.3, -0.25) is 9.59 Å². The molecule has 0 radical (unpaired) electrons. The van der Waals surface area contributed by atoms with E-state index in [4.69, 9.17) is 0 Å². The van der Waals surface area contributed by atoms with Gasteiger partial charge in [0.1, 0.15) is 5.82 Å². The molecule has 2 aromatic heterocycles. The first kappa shape index (κ1) is 22.6. The van der Waals surface area contributed by atoms with E-state index in [1.807, 2.05) is 24.3 Å². The average molecular weight is 447 g/mol. The van der Waals surface area contributed by atoms with Crippen LogP contribution in [-0.2, 0) is 15.0 Å². The van der Waals surface area contributed by atoms with Crippen molar-refractivity contribution in [1.29, 1.82) is 0 Å². The Morgan fingerprint density at radius 3 is 2.52 bits per heavy atom. The van der Waals surface area contributed by atoms with Gasteiger partial charge in [0.15, 0.2) is 0 Å². The van der Waals surface area contributed by atoms with Crippen LogP contribution in [0, 0.1) is 5.92 Å². The molecule has 172 valence electrons. The van der Waals surface area contributed by atoms with Crippen LogP contribution in [0.4, 0.5) is 11.5 Å². The quantitative estimate of drug-likeness (QED) is 0.638. The Kier molecular flexibility index (Phi) is 6.01. The predicted molar refractivity (Wildman–Crippen MR) is 127 cm³/mol. The Morgan fingerprint density at radius 1 is 1.12 bits per heavy atom. The minimum atomic E-state index is -0.460. The summed E-state index contributed by atoms with van der Waals surface area (Å²) < 4.78 is 1.54. The molecule has 1 aliphatic rings. The lowest BCUT2D eigenvalue weighted by atomic mass is 9.92. The first-order valence-corrected chi connectivity index (χ1v) is 11.2. The summed E-state index contributed by atoms with van der Waals surface area (Å²) in [4.78, 5) is 36.2. The molecule has 2 amide bonds. The maximum atomic E-state index is 13.2. The van der Waals surface area contributed by atoms with Crippen LogP contribution in [0.5, 0.6) is 0 Å². The van der Waals surface area contributed by atoms with Crippen molar-refractivity contribution >= 4 is 23.3 Å². The minimum absolute atomic E-state index is 0.0497. The first-order valence-electron chi connectivity index (χ1n) is 11.2. The normalized spacial score (nSPS) is 16.5. The average Bonchev–Trinajstić information content (AvgIpc) is 3.38. The number of nitrogens with one attached hydrogen (secondary N) is 1. The zero-order valence-corrected chi connectivity index (χ0v) is 19.7. The molecule has 8 heteroatoms. The fraction of sp³-hybridized carbons (Fsp3) is 0.400. The summed E-state index contributed by atoms with van der Waals surface area (Å²) in [7, 11) is 0. The fourth-order valence-corrected chi connectivity index (χ4v) is 3.80. The van der Waals surface area contributed by atoms with Gasteiger partial charge in [0.25, 0.3) is 5.95 Å². The number of carbonyl (C=O) groups excluding carboxylic acids is 2. The van der Waals surface area contributed by atoms with Gasteiger partial charge in [-0.25, -0.2) is 9.97 Å². The van der Waals surface area contributed by atoms with Gasteiger partial charge in [0, 0.05) is 42.5 Å². The highest BCUT2D eigenvalue weighted by Crippen LogP contribution is 2.30. The minimum Gasteiger partial charge on any atom is -0.312 e. The number of nitrogens with zero attached hydrogens (tertiary/aromatic N) is 5. The molecule has 1 unspecified atom stereocenters. The van der Waals surface area contributed by atoms with Crippen LogP contribution in [0.1, 0.15) is 58.2 Å². The summed E-state index contributed by atoms with van der Waals surface area (Å²) in [6.45, 7) is 10.7. The highest BCUT2D eigenvalue weighted by Gasteiger charge is 2.36. The molecular formula is C25H30N6O2. The summed E-state index contributed by atoms with van der Waals surface area (Å²) in [5.74, 6) is 0.495. The monoisotopic (exact) mass is 446 g/mol. The zero-order chi connectivity index (χ0) is 23.8. The molecule has 3 aromatic rings. The molecular weight excluding hydrogens is 416 g/mol. The van der Waals surface area contributed by atoms with E-state index in [0.717, 1.165) is 16.9 Å². The van der Waals surface area contributed by atoms with Crippen LogP contribution in [0.3, 0.4) is 0 Å². The number of hydrogen-bond donors (Lipinski definition) is 1. The Morgan fingerprint density at radius 2 is 1.85 bits per heavy atom. The maximum absolute atomic E-state index is 13.2. The van der Waals surface area contributed by atoms with Crippen LogP contribution < -0.4 is 10.2 Å². The van der Waals surface area contributed by atoms with Crippen molar-refractivity contribution in [1.82, 2.24) is 19.7 Å².